The maximum atomic E-state index is 12.7. The van der Waals surface area contributed by atoms with E-state index in [4.69, 9.17) is 0 Å². The van der Waals surface area contributed by atoms with Gasteiger partial charge in [-0.05, 0) is 32.6 Å². The van der Waals surface area contributed by atoms with Gasteiger partial charge in [-0.1, -0.05) is 33.1 Å². The van der Waals surface area contributed by atoms with Crippen molar-refractivity contribution in [2.45, 2.75) is 77.8 Å². The summed E-state index contributed by atoms with van der Waals surface area (Å²) in [6, 6.07) is -0.190. The molecule has 0 bridgehead atoms. The van der Waals surface area contributed by atoms with Crippen molar-refractivity contribution in [3.05, 3.63) is 0 Å². The van der Waals surface area contributed by atoms with Gasteiger partial charge in [-0.2, -0.15) is 0 Å². The molecule has 6 nitrogen and oxygen atoms in total. The Morgan fingerprint density at radius 1 is 1.21 bits per heavy atom. The van der Waals surface area contributed by atoms with Crippen molar-refractivity contribution in [2.75, 3.05) is 13.1 Å². The second kappa shape index (κ2) is 7.53. The standard InChI is InChI=1S/C18H31N3O3/c1-5-20(14(4)13(2)3)15(22)9-12-21-16(23)18(19-17(21)24)10-7-6-8-11-18/h13-14H,5-12H2,1-4H3,(H,19,24)/t14-/m1/s1. The highest BCUT2D eigenvalue weighted by molar-refractivity contribution is 6.07. The summed E-state index contributed by atoms with van der Waals surface area (Å²) in [7, 11) is 0. The Hall–Kier alpha value is -1.59. The summed E-state index contributed by atoms with van der Waals surface area (Å²) in [5, 5.41) is 2.89. The monoisotopic (exact) mass is 337 g/mol. The van der Waals surface area contributed by atoms with Gasteiger partial charge in [0.25, 0.3) is 5.91 Å². The average Bonchev–Trinajstić information content (AvgIpc) is 2.77. The normalized spacial score (nSPS) is 21.3. The van der Waals surface area contributed by atoms with Gasteiger partial charge in [0.1, 0.15) is 5.54 Å². The number of hydrogen-bond donors (Lipinski definition) is 1. The molecule has 1 spiro atoms. The van der Waals surface area contributed by atoms with E-state index in [1.54, 1.807) is 0 Å². The number of nitrogens with one attached hydrogen (secondary N) is 1. The summed E-state index contributed by atoms with van der Waals surface area (Å²) in [5.74, 6) is 0.236. The third-order valence-electron chi connectivity index (χ3n) is 5.62. The van der Waals surface area contributed by atoms with Gasteiger partial charge < -0.3 is 10.2 Å². The lowest BCUT2D eigenvalue weighted by molar-refractivity contribution is -0.135. The van der Waals surface area contributed by atoms with Crippen LogP contribution in [0.5, 0.6) is 0 Å². The van der Waals surface area contributed by atoms with Gasteiger partial charge >= 0.3 is 6.03 Å². The molecular weight excluding hydrogens is 306 g/mol. The molecule has 2 aliphatic rings. The van der Waals surface area contributed by atoms with Crippen molar-refractivity contribution < 1.29 is 14.4 Å². The average molecular weight is 337 g/mol. The second-order valence-electron chi connectivity index (χ2n) is 7.44. The molecule has 1 aliphatic carbocycles. The Kier molecular flexibility index (Phi) is 5.88. The van der Waals surface area contributed by atoms with Crippen LogP contribution in [0.3, 0.4) is 0 Å². The number of urea groups is 1. The van der Waals surface area contributed by atoms with E-state index in [-0.39, 0.29) is 36.9 Å². The summed E-state index contributed by atoms with van der Waals surface area (Å²) in [6.07, 6.45) is 4.67. The van der Waals surface area contributed by atoms with Crippen LogP contribution in [0.25, 0.3) is 0 Å². The Bertz CT molecular complexity index is 498. The summed E-state index contributed by atoms with van der Waals surface area (Å²) < 4.78 is 0. The van der Waals surface area contributed by atoms with Crippen molar-refractivity contribution >= 4 is 17.8 Å². The third kappa shape index (κ3) is 3.57. The molecule has 136 valence electrons. The number of carbonyl (C=O) groups excluding carboxylic acids is 3. The minimum Gasteiger partial charge on any atom is -0.340 e. The lowest BCUT2D eigenvalue weighted by Gasteiger charge is -2.32. The van der Waals surface area contributed by atoms with Crippen molar-refractivity contribution in [1.29, 1.82) is 0 Å². The molecule has 0 radical (unpaired) electrons. The van der Waals surface area contributed by atoms with E-state index in [9.17, 15) is 14.4 Å². The van der Waals surface area contributed by atoms with Crippen LogP contribution in [0.2, 0.25) is 0 Å². The lowest BCUT2D eigenvalue weighted by Crippen LogP contribution is -2.48. The molecule has 1 aliphatic heterocycles. The lowest BCUT2D eigenvalue weighted by atomic mass is 9.82. The first-order chi connectivity index (χ1) is 11.3. The Balaban J connectivity index is 1.97. The van der Waals surface area contributed by atoms with E-state index in [1.165, 1.54) is 4.90 Å². The van der Waals surface area contributed by atoms with Gasteiger partial charge in [-0.15, -0.1) is 0 Å². The van der Waals surface area contributed by atoms with Crippen LogP contribution < -0.4 is 5.32 Å². The summed E-state index contributed by atoms with van der Waals surface area (Å²) >= 11 is 0. The molecule has 0 aromatic rings. The van der Waals surface area contributed by atoms with E-state index in [1.807, 2.05) is 18.7 Å². The number of nitrogens with zero attached hydrogens (tertiary/aromatic N) is 2. The van der Waals surface area contributed by atoms with Crippen molar-refractivity contribution in [3.8, 4) is 0 Å². The fourth-order valence-corrected chi connectivity index (χ4v) is 3.78. The van der Waals surface area contributed by atoms with Crippen LogP contribution in [-0.2, 0) is 9.59 Å². The van der Waals surface area contributed by atoms with Crippen molar-refractivity contribution in [2.24, 2.45) is 5.92 Å². The highest BCUT2D eigenvalue weighted by atomic mass is 16.2. The number of hydrogen-bond acceptors (Lipinski definition) is 3. The molecule has 0 aromatic carbocycles. The Labute approximate surface area is 144 Å². The third-order valence-corrected chi connectivity index (χ3v) is 5.62. The second-order valence-corrected chi connectivity index (χ2v) is 7.44. The van der Waals surface area contributed by atoms with E-state index in [0.29, 0.717) is 25.3 Å². The zero-order valence-electron chi connectivity index (χ0n) is 15.4. The molecule has 2 fully saturated rings. The molecule has 4 amide bonds. The van der Waals surface area contributed by atoms with Crippen molar-refractivity contribution in [1.82, 2.24) is 15.1 Å². The van der Waals surface area contributed by atoms with Gasteiger partial charge in [0.05, 0.1) is 0 Å². The molecule has 1 saturated heterocycles. The summed E-state index contributed by atoms with van der Waals surface area (Å²) in [6.45, 7) is 8.99. The molecule has 24 heavy (non-hydrogen) atoms. The van der Waals surface area contributed by atoms with Crippen LogP contribution in [0.15, 0.2) is 0 Å². The molecule has 1 N–H and O–H groups in total. The van der Waals surface area contributed by atoms with Gasteiger partial charge in [-0.3, -0.25) is 14.5 Å². The van der Waals surface area contributed by atoms with E-state index in [0.717, 1.165) is 19.3 Å². The molecule has 1 atom stereocenters. The van der Waals surface area contributed by atoms with Crippen LogP contribution >= 0.6 is 0 Å². The van der Waals surface area contributed by atoms with Gasteiger partial charge in [0.2, 0.25) is 5.91 Å². The fourth-order valence-electron chi connectivity index (χ4n) is 3.78. The molecular formula is C18H31N3O3. The maximum absolute atomic E-state index is 12.7. The van der Waals surface area contributed by atoms with Gasteiger partial charge in [0.15, 0.2) is 0 Å². The highest BCUT2D eigenvalue weighted by Gasteiger charge is 2.51. The van der Waals surface area contributed by atoms with Gasteiger partial charge in [-0.25, -0.2) is 4.79 Å². The molecule has 0 unspecified atom stereocenters. The Morgan fingerprint density at radius 2 is 1.83 bits per heavy atom. The predicted molar refractivity (Wildman–Crippen MR) is 92.4 cm³/mol. The smallest absolute Gasteiger partial charge is 0.325 e. The molecule has 2 rings (SSSR count). The minimum absolute atomic E-state index is 0.00361. The first-order valence-electron chi connectivity index (χ1n) is 9.26. The largest absolute Gasteiger partial charge is 0.340 e. The quantitative estimate of drug-likeness (QED) is 0.757. The topological polar surface area (TPSA) is 69.7 Å². The number of rotatable bonds is 6. The first kappa shape index (κ1) is 18.7. The van der Waals surface area contributed by atoms with Crippen LogP contribution in [0.4, 0.5) is 4.79 Å². The summed E-state index contributed by atoms with van der Waals surface area (Å²) in [4.78, 5) is 40.5. The molecule has 1 saturated carbocycles. The van der Waals surface area contributed by atoms with E-state index >= 15 is 0 Å². The van der Waals surface area contributed by atoms with Crippen LogP contribution in [0.1, 0.15) is 66.2 Å². The summed E-state index contributed by atoms with van der Waals surface area (Å²) in [5.41, 5.74) is -0.700. The SMILES string of the molecule is CCN(C(=O)CCN1C(=O)NC2(CCCCC2)C1=O)[C@H](C)C(C)C. The predicted octanol–water partition coefficient (Wildman–Crippen LogP) is 2.52. The van der Waals surface area contributed by atoms with E-state index < -0.39 is 5.54 Å². The van der Waals surface area contributed by atoms with E-state index in [2.05, 4.69) is 19.2 Å². The number of amides is 4. The number of imide groups is 1. The fraction of sp³-hybridized carbons (Fsp3) is 0.833. The minimum atomic E-state index is -0.700. The molecule has 1 heterocycles. The van der Waals surface area contributed by atoms with Crippen molar-refractivity contribution in [3.63, 3.8) is 0 Å². The van der Waals surface area contributed by atoms with Crippen LogP contribution in [-0.4, -0.2) is 52.3 Å². The zero-order valence-corrected chi connectivity index (χ0v) is 15.4. The molecule has 0 aromatic heterocycles. The highest BCUT2D eigenvalue weighted by Crippen LogP contribution is 2.33. The van der Waals surface area contributed by atoms with Gasteiger partial charge in [0, 0.05) is 25.6 Å². The Morgan fingerprint density at radius 3 is 2.38 bits per heavy atom. The zero-order chi connectivity index (χ0) is 17.9. The molecule has 6 heteroatoms. The number of carbonyl (C=O) groups is 3. The first-order valence-corrected chi connectivity index (χ1v) is 9.26. The maximum Gasteiger partial charge on any atom is 0.325 e. The van der Waals surface area contributed by atoms with Crippen LogP contribution in [0, 0.1) is 5.92 Å².